The van der Waals surface area contributed by atoms with E-state index in [2.05, 4.69) is 31.6 Å². The zero-order valence-electron chi connectivity index (χ0n) is 34.8. The lowest BCUT2D eigenvalue weighted by Gasteiger charge is -2.28. The predicted octanol–water partition coefficient (Wildman–Crippen LogP) is -1.61. The van der Waals surface area contributed by atoms with Crippen molar-refractivity contribution in [3.8, 4) is 0 Å². The Kier molecular flexibility index (Phi) is 20.7. The van der Waals surface area contributed by atoms with Crippen LogP contribution in [0.2, 0.25) is 0 Å². The summed E-state index contributed by atoms with van der Waals surface area (Å²) in [5.74, 6) is -5.60. The third-order valence-corrected chi connectivity index (χ3v) is 9.98. The molecule has 0 aliphatic rings. The van der Waals surface area contributed by atoms with Gasteiger partial charge in [0.2, 0.25) is 41.4 Å². The normalized spacial score (nSPS) is 13.6. The molecule has 0 aliphatic heterocycles. The van der Waals surface area contributed by atoms with Crippen LogP contribution in [0.4, 0.5) is 0 Å². The van der Waals surface area contributed by atoms with Crippen molar-refractivity contribution in [2.75, 3.05) is 32.1 Å². The van der Waals surface area contributed by atoms with E-state index >= 15 is 0 Å². The van der Waals surface area contributed by atoms with Gasteiger partial charge in [0.25, 0.3) is 0 Å². The van der Waals surface area contributed by atoms with E-state index in [1.807, 2.05) is 0 Å². The van der Waals surface area contributed by atoms with Crippen molar-refractivity contribution in [3.63, 3.8) is 0 Å². The van der Waals surface area contributed by atoms with Gasteiger partial charge >= 0.3 is 0 Å². The number of guanidine groups is 1. The second-order valence-corrected chi connectivity index (χ2v) is 17.3. The average molecular weight is 857 g/mol. The number of nitrogens with one attached hydrogen (secondary N) is 5. The molecule has 60 heavy (non-hydrogen) atoms. The largest absolute Gasteiger partial charge is 0.370 e. The molecular formula is C40H60N10O9S. The Labute approximate surface area is 351 Å². The van der Waals surface area contributed by atoms with Crippen molar-refractivity contribution >= 4 is 57.1 Å². The number of nitrogens with two attached hydrogens (primary N) is 3. The Morgan fingerprint density at radius 3 is 1.68 bits per heavy atom. The van der Waals surface area contributed by atoms with Crippen LogP contribution in [-0.4, -0.2) is 123 Å². The third-order valence-electron chi connectivity index (χ3n) is 9.01. The maximum Gasteiger partial charge on any atom is 0.245 e. The SMILES string of the molecule is CC(=O)N[C@H](CCCN=C(N)N)C(=O)N[C@H](Cc1ccccc1)C(=O)N[C@H](Cc1ccccc1)C(=O)N(C)CC(=O)N[C@@H](CC(C)C)C(=O)N[C@H](CCS(C)(=O)=O)C(N)=O. The number of amides is 7. The summed E-state index contributed by atoms with van der Waals surface area (Å²) < 4.78 is 23.4. The summed E-state index contributed by atoms with van der Waals surface area (Å²) >= 11 is 0. The molecule has 7 amide bonds. The molecule has 0 bridgehead atoms. The monoisotopic (exact) mass is 856 g/mol. The minimum absolute atomic E-state index is 0.00303. The Bertz CT molecular complexity index is 1910. The van der Waals surface area contributed by atoms with Crippen LogP contribution in [0.15, 0.2) is 65.7 Å². The number of hydrogen-bond acceptors (Lipinski definition) is 10. The lowest BCUT2D eigenvalue weighted by molar-refractivity contribution is -0.139. The van der Waals surface area contributed by atoms with E-state index in [1.54, 1.807) is 74.5 Å². The summed E-state index contributed by atoms with van der Waals surface area (Å²) in [7, 11) is -2.13. The standard InChI is InChI=1S/C40H60N10O9S/c1-25(2)21-31(37(55)47-29(35(41)53)18-20-60(5,58)59)46-34(52)24-50(4)39(57)33(23-28-15-10-7-11-16-28)49-38(56)32(22-27-13-8-6-9-14-27)48-36(54)30(45-26(3)51)17-12-19-44-40(42)43/h6-11,13-16,25,29-33H,12,17-24H2,1-5H3,(H2,41,53)(H,45,51)(H,46,52)(H,47,55)(H,48,54)(H,49,56)(H4,42,43,44)/t29-,30-,31+,32-,33-/m1/s1. The summed E-state index contributed by atoms with van der Waals surface area (Å²) in [6, 6.07) is 11.7. The van der Waals surface area contributed by atoms with Gasteiger partial charge in [-0.15, -0.1) is 0 Å². The number of carbonyl (C=O) groups excluding carboxylic acids is 7. The lowest BCUT2D eigenvalue weighted by atomic mass is 10.0. The number of primary amides is 1. The molecule has 2 aromatic rings. The van der Waals surface area contributed by atoms with Gasteiger partial charge in [-0.2, -0.15) is 0 Å². The highest BCUT2D eigenvalue weighted by Gasteiger charge is 2.32. The van der Waals surface area contributed by atoms with E-state index in [4.69, 9.17) is 17.2 Å². The van der Waals surface area contributed by atoms with E-state index in [0.717, 1.165) is 11.2 Å². The van der Waals surface area contributed by atoms with E-state index < -0.39 is 93.7 Å². The molecule has 0 saturated carbocycles. The van der Waals surface area contributed by atoms with Gasteiger partial charge in [0.15, 0.2) is 5.96 Å². The van der Waals surface area contributed by atoms with E-state index in [1.165, 1.54) is 14.0 Å². The second kappa shape index (κ2) is 24.8. The number of likely N-dealkylation sites (N-methyl/N-ethyl adjacent to an activating group) is 1. The quantitative estimate of drug-likeness (QED) is 0.0319. The van der Waals surface area contributed by atoms with Crippen LogP contribution >= 0.6 is 0 Å². The van der Waals surface area contributed by atoms with Gasteiger partial charge < -0.3 is 48.7 Å². The van der Waals surface area contributed by atoms with Crippen LogP contribution < -0.4 is 43.8 Å². The molecule has 19 nitrogen and oxygen atoms in total. The molecule has 2 aromatic carbocycles. The third kappa shape index (κ3) is 19.6. The highest BCUT2D eigenvalue weighted by atomic mass is 32.2. The van der Waals surface area contributed by atoms with Gasteiger partial charge in [-0.25, -0.2) is 8.42 Å². The van der Waals surface area contributed by atoms with Crippen LogP contribution in [0.5, 0.6) is 0 Å². The number of nitrogens with zero attached hydrogens (tertiary/aromatic N) is 2. The maximum absolute atomic E-state index is 14.2. The van der Waals surface area contributed by atoms with Gasteiger partial charge in [0.05, 0.1) is 12.3 Å². The first-order valence-electron chi connectivity index (χ1n) is 19.5. The molecule has 0 spiro atoms. The first kappa shape index (κ1) is 50.1. The van der Waals surface area contributed by atoms with Gasteiger partial charge in [-0.05, 0) is 42.7 Å². The van der Waals surface area contributed by atoms with Gasteiger partial charge in [0, 0.05) is 39.6 Å². The van der Waals surface area contributed by atoms with E-state index in [-0.39, 0.29) is 50.5 Å². The predicted molar refractivity (Wildman–Crippen MR) is 226 cm³/mol. The van der Waals surface area contributed by atoms with Gasteiger partial charge in [-0.3, -0.25) is 38.6 Å². The number of hydrogen-bond donors (Lipinski definition) is 8. The number of aliphatic imine (C=N–C) groups is 1. The second-order valence-electron chi connectivity index (χ2n) is 15.0. The molecule has 0 saturated heterocycles. The van der Waals surface area contributed by atoms with Gasteiger partial charge in [0.1, 0.15) is 40.0 Å². The van der Waals surface area contributed by atoms with Crippen LogP contribution in [0.1, 0.15) is 57.6 Å². The first-order chi connectivity index (χ1) is 28.1. The van der Waals surface area contributed by atoms with Crippen molar-refractivity contribution in [2.24, 2.45) is 28.1 Å². The fourth-order valence-electron chi connectivity index (χ4n) is 6.06. The van der Waals surface area contributed by atoms with Crippen LogP contribution in [0.3, 0.4) is 0 Å². The topological polar surface area (TPSA) is 307 Å². The fourth-order valence-corrected chi connectivity index (χ4v) is 6.73. The summed E-state index contributed by atoms with van der Waals surface area (Å²) in [5.41, 5.74) is 17.6. The molecule has 0 aliphatic carbocycles. The fraction of sp³-hybridized carbons (Fsp3) is 0.500. The first-order valence-corrected chi connectivity index (χ1v) is 21.5. The average Bonchev–Trinajstić information content (AvgIpc) is 3.16. The number of benzene rings is 2. The van der Waals surface area contributed by atoms with Crippen LogP contribution in [0, 0.1) is 5.92 Å². The smallest absolute Gasteiger partial charge is 0.245 e. The van der Waals surface area contributed by atoms with Crippen molar-refractivity contribution in [1.82, 2.24) is 31.5 Å². The molecule has 330 valence electrons. The van der Waals surface area contributed by atoms with Crippen LogP contribution in [0.25, 0.3) is 0 Å². The molecule has 0 fully saturated rings. The van der Waals surface area contributed by atoms with Gasteiger partial charge in [-0.1, -0.05) is 74.5 Å². The molecule has 2 rings (SSSR count). The van der Waals surface area contributed by atoms with Crippen LogP contribution in [-0.2, 0) is 56.2 Å². The molecule has 0 radical (unpaired) electrons. The number of sulfone groups is 1. The Morgan fingerprint density at radius 1 is 0.683 bits per heavy atom. The Balaban J connectivity index is 2.34. The minimum atomic E-state index is -3.48. The van der Waals surface area contributed by atoms with E-state index in [9.17, 15) is 42.0 Å². The molecule has 11 N–H and O–H groups in total. The Hall–Kier alpha value is -6.05. The van der Waals surface area contributed by atoms with Crippen molar-refractivity contribution in [3.05, 3.63) is 71.8 Å². The summed E-state index contributed by atoms with van der Waals surface area (Å²) in [4.78, 5) is 97.6. The maximum atomic E-state index is 14.2. The summed E-state index contributed by atoms with van der Waals surface area (Å²) in [6.07, 6.45) is 1.36. The molecular weight excluding hydrogens is 797 g/mol. The Morgan fingerprint density at radius 2 is 1.18 bits per heavy atom. The van der Waals surface area contributed by atoms with Crippen molar-refractivity contribution < 1.29 is 42.0 Å². The molecule has 0 aromatic heterocycles. The highest BCUT2D eigenvalue weighted by molar-refractivity contribution is 7.90. The minimum Gasteiger partial charge on any atom is -0.370 e. The lowest BCUT2D eigenvalue weighted by Crippen LogP contribution is -2.58. The number of rotatable bonds is 25. The van der Waals surface area contributed by atoms with Crippen molar-refractivity contribution in [1.29, 1.82) is 0 Å². The highest BCUT2D eigenvalue weighted by Crippen LogP contribution is 2.11. The molecule has 5 atom stereocenters. The molecule has 20 heteroatoms. The molecule has 0 heterocycles. The molecule has 0 unspecified atom stereocenters. The zero-order chi connectivity index (χ0) is 45.0. The summed E-state index contributed by atoms with van der Waals surface area (Å²) in [6.45, 7) is 4.51. The zero-order valence-corrected chi connectivity index (χ0v) is 35.6. The van der Waals surface area contributed by atoms with Crippen molar-refractivity contribution in [2.45, 2.75) is 89.5 Å². The number of carbonyl (C=O) groups is 7. The van der Waals surface area contributed by atoms with E-state index in [0.29, 0.717) is 17.5 Å². The summed E-state index contributed by atoms with van der Waals surface area (Å²) in [5, 5.41) is 13.1.